The molecule has 0 unspecified atom stereocenters. The molecular weight excluding hydrogens is 236 g/mol. The van der Waals surface area contributed by atoms with Gasteiger partial charge < -0.3 is 4.74 Å². The molecule has 1 rings (SSSR count). The minimum absolute atomic E-state index is 0.108. The highest BCUT2D eigenvalue weighted by Crippen LogP contribution is 2.15. The third-order valence-electron chi connectivity index (χ3n) is 3.27. The summed E-state index contributed by atoms with van der Waals surface area (Å²) in [7, 11) is 0. The Hall–Kier alpha value is -1.31. The fourth-order valence-electron chi connectivity index (χ4n) is 2.06. The van der Waals surface area contributed by atoms with E-state index in [0.717, 1.165) is 19.3 Å². The van der Waals surface area contributed by atoms with Crippen LogP contribution in [0.15, 0.2) is 24.3 Å². The Morgan fingerprint density at radius 3 is 2.53 bits per heavy atom. The molecule has 0 bridgehead atoms. The zero-order chi connectivity index (χ0) is 13.9. The van der Waals surface area contributed by atoms with Crippen LogP contribution in [-0.4, -0.2) is 5.97 Å². The second-order valence-electron chi connectivity index (χ2n) is 4.99. The SMILES string of the molecule is CCCCCCCCC(=O)Oc1cccc(CC)c1. The monoisotopic (exact) mass is 262 g/mol. The summed E-state index contributed by atoms with van der Waals surface area (Å²) < 4.78 is 5.35. The fourth-order valence-corrected chi connectivity index (χ4v) is 2.06. The number of benzene rings is 1. The third-order valence-corrected chi connectivity index (χ3v) is 3.27. The van der Waals surface area contributed by atoms with Gasteiger partial charge in [0, 0.05) is 6.42 Å². The van der Waals surface area contributed by atoms with E-state index in [1.165, 1.54) is 31.2 Å². The highest BCUT2D eigenvalue weighted by atomic mass is 16.5. The lowest BCUT2D eigenvalue weighted by Gasteiger charge is -2.05. The van der Waals surface area contributed by atoms with Gasteiger partial charge in [0.15, 0.2) is 0 Å². The van der Waals surface area contributed by atoms with E-state index < -0.39 is 0 Å². The van der Waals surface area contributed by atoms with Crippen LogP contribution in [0.4, 0.5) is 0 Å². The number of aryl methyl sites for hydroxylation is 1. The number of rotatable bonds is 9. The number of carbonyl (C=O) groups excluding carboxylic acids is 1. The van der Waals surface area contributed by atoms with Crippen molar-refractivity contribution in [2.45, 2.75) is 65.2 Å². The zero-order valence-corrected chi connectivity index (χ0v) is 12.3. The minimum atomic E-state index is -0.108. The maximum atomic E-state index is 11.7. The van der Waals surface area contributed by atoms with Crippen molar-refractivity contribution in [3.8, 4) is 5.75 Å². The predicted octanol–water partition coefficient (Wildman–Crippen LogP) is 4.91. The molecule has 0 fully saturated rings. The van der Waals surface area contributed by atoms with Gasteiger partial charge in [0.05, 0.1) is 0 Å². The summed E-state index contributed by atoms with van der Waals surface area (Å²) in [6.45, 7) is 4.30. The molecule has 0 radical (unpaired) electrons. The molecule has 0 atom stereocenters. The largest absolute Gasteiger partial charge is 0.427 e. The van der Waals surface area contributed by atoms with E-state index in [1.807, 2.05) is 24.3 Å². The highest BCUT2D eigenvalue weighted by Gasteiger charge is 2.04. The first-order valence-electron chi connectivity index (χ1n) is 7.56. The van der Waals surface area contributed by atoms with Gasteiger partial charge in [0.25, 0.3) is 0 Å². The first-order valence-corrected chi connectivity index (χ1v) is 7.56. The Kier molecular flexibility index (Phi) is 7.95. The molecule has 0 aromatic heterocycles. The van der Waals surface area contributed by atoms with Gasteiger partial charge in [-0.1, -0.05) is 58.1 Å². The molecule has 2 heteroatoms. The number of hydrogen-bond acceptors (Lipinski definition) is 2. The Bertz CT molecular complexity index is 371. The predicted molar refractivity (Wildman–Crippen MR) is 79.4 cm³/mol. The van der Waals surface area contributed by atoms with E-state index in [0.29, 0.717) is 12.2 Å². The van der Waals surface area contributed by atoms with Crippen molar-refractivity contribution >= 4 is 5.97 Å². The lowest BCUT2D eigenvalue weighted by atomic mass is 10.1. The average molecular weight is 262 g/mol. The number of ether oxygens (including phenoxy) is 1. The fraction of sp³-hybridized carbons (Fsp3) is 0.588. The second kappa shape index (κ2) is 9.60. The van der Waals surface area contributed by atoms with Crippen LogP contribution < -0.4 is 4.74 Å². The summed E-state index contributed by atoms with van der Waals surface area (Å²) in [5.41, 5.74) is 1.20. The molecule has 106 valence electrons. The molecule has 0 spiro atoms. The van der Waals surface area contributed by atoms with Gasteiger partial charge in [0.1, 0.15) is 5.75 Å². The maximum absolute atomic E-state index is 11.7. The van der Waals surface area contributed by atoms with Gasteiger partial charge >= 0.3 is 5.97 Å². The van der Waals surface area contributed by atoms with Crippen LogP contribution in [-0.2, 0) is 11.2 Å². The van der Waals surface area contributed by atoms with Crippen molar-refractivity contribution in [1.29, 1.82) is 0 Å². The lowest BCUT2D eigenvalue weighted by Crippen LogP contribution is -2.07. The van der Waals surface area contributed by atoms with Crippen LogP contribution >= 0.6 is 0 Å². The van der Waals surface area contributed by atoms with Gasteiger partial charge in [0.2, 0.25) is 0 Å². The van der Waals surface area contributed by atoms with Crippen LogP contribution in [0.3, 0.4) is 0 Å². The van der Waals surface area contributed by atoms with Crippen LogP contribution in [0.5, 0.6) is 5.75 Å². The quantitative estimate of drug-likeness (QED) is 0.359. The molecule has 0 aliphatic rings. The van der Waals surface area contributed by atoms with Crippen molar-refractivity contribution in [3.63, 3.8) is 0 Å². The topological polar surface area (TPSA) is 26.3 Å². The molecule has 0 saturated carbocycles. The van der Waals surface area contributed by atoms with E-state index >= 15 is 0 Å². The van der Waals surface area contributed by atoms with E-state index in [2.05, 4.69) is 13.8 Å². The molecule has 1 aromatic carbocycles. The van der Waals surface area contributed by atoms with Gasteiger partial charge in [-0.2, -0.15) is 0 Å². The molecule has 0 N–H and O–H groups in total. The molecular formula is C17H26O2. The van der Waals surface area contributed by atoms with Crippen LogP contribution in [0.25, 0.3) is 0 Å². The number of carbonyl (C=O) groups is 1. The number of unbranched alkanes of at least 4 members (excludes halogenated alkanes) is 5. The van der Waals surface area contributed by atoms with E-state index in [1.54, 1.807) is 0 Å². The molecule has 2 nitrogen and oxygen atoms in total. The van der Waals surface area contributed by atoms with Crippen LogP contribution in [0.2, 0.25) is 0 Å². The highest BCUT2D eigenvalue weighted by molar-refractivity contribution is 5.72. The van der Waals surface area contributed by atoms with Crippen molar-refractivity contribution < 1.29 is 9.53 Å². The maximum Gasteiger partial charge on any atom is 0.311 e. The van der Waals surface area contributed by atoms with Crippen molar-refractivity contribution in [3.05, 3.63) is 29.8 Å². The molecule has 19 heavy (non-hydrogen) atoms. The minimum Gasteiger partial charge on any atom is -0.427 e. The molecule has 0 aliphatic heterocycles. The van der Waals surface area contributed by atoms with Gasteiger partial charge in [-0.25, -0.2) is 0 Å². The van der Waals surface area contributed by atoms with Gasteiger partial charge in [-0.05, 0) is 30.5 Å². The molecule has 0 aliphatic carbocycles. The lowest BCUT2D eigenvalue weighted by molar-refractivity contribution is -0.134. The van der Waals surface area contributed by atoms with E-state index in [9.17, 15) is 4.79 Å². The van der Waals surface area contributed by atoms with Gasteiger partial charge in [-0.3, -0.25) is 4.79 Å². The van der Waals surface area contributed by atoms with Gasteiger partial charge in [-0.15, -0.1) is 0 Å². The molecule has 0 saturated heterocycles. The average Bonchev–Trinajstić information content (AvgIpc) is 2.43. The van der Waals surface area contributed by atoms with Crippen molar-refractivity contribution in [1.82, 2.24) is 0 Å². The standard InChI is InChI=1S/C17H26O2/c1-3-5-6-7-8-9-13-17(18)19-16-12-10-11-15(4-2)14-16/h10-12,14H,3-9,13H2,1-2H3. The molecule has 0 heterocycles. The normalized spacial score (nSPS) is 10.4. The smallest absolute Gasteiger partial charge is 0.311 e. The number of esters is 1. The third kappa shape index (κ3) is 7.00. The Morgan fingerprint density at radius 2 is 1.79 bits per heavy atom. The zero-order valence-electron chi connectivity index (χ0n) is 12.3. The first-order chi connectivity index (χ1) is 9.26. The summed E-state index contributed by atoms with van der Waals surface area (Å²) in [4.78, 5) is 11.7. The summed E-state index contributed by atoms with van der Waals surface area (Å²) in [5.74, 6) is 0.569. The van der Waals surface area contributed by atoms with Crippen LogP contribution in [0, 0.1) is 0 Å². The Labute approximate surface area is 117 Å². The number of hydrogen-bond donors (Lipinski definition) is 0. The second-order valence-corrected chi connectivity index (χ2v) is 4.99. The summed E-state index contributed by atoms with van der Waals surface area (Å²) in [6, 6.07) is 7.77. The summed E-state index contributed by atoms with van der Waals surface area (Å²) >= 11 is 0. The van der Waals surface area contributed by atoms with Crippen molar-refractivity contribution in [2.24, 2.45) is 0 Å². The molecule has 0 amide bonds. The van der Waals surface area contributed by atoms with E-state index in [4.69, 9.17) is 4.74 Å². The Morgan fingerprint density at radius 1 is 1.05 bits per heavy atom. The summed E-state index contributed by atoms with van der Waals surface area (Å²) in [6.07, 6.45) is 8.63. The summed E-state index contributed by atoms with van der Waals surface area (Å²) in [5, 5.41) is 0. The van der Waals surface area contributed by atoms with Crippen LogP contribution in [0.1, 0.15) is 64.4 Å². The molecule has 1 aromatic rings. The van der Waals surface area contributed by atoms with E-state index in [-0.39, 0.29) is 5.97 Å². The van der Waals surface area contributed by atoms with Crippen molar-refractivity contribution in [2.75, 3.05) is 0 Å². The first kappa shape index (κ1) is 15.7. The Balaban J connectivity index is 2.19.